The lowest BCUT2D eigenvalue weighted by molar-refractivity contribution is 0.624. The van der Waals surface area contributed by atoms with Gasteiger partial charge in [-0.25, -0.2) is 8.78 Å². The van der Waals surface area contributed by atoms with Gasteiger partial charge in [0.15, 0.2) is 0 Å². The van der Waals surface area contributed by atoms with Crippen LogP contribution in [0, 0.1) is 11.6 Å². The van der Waals surface area contributed by atoms with E-state index in [-0.39, 0.29) is 11.6 Å². The first-order valence-electron chi connectivity index (χ1n) is 6.53. The zero-order chi connectivity index (χ0) is 14.5. The van der Waals surface area contributed by atoms with E-state index in [1.807, 2.05) is 18.0 Å². The molecule has 2 aromatic carbocycles. The van der Waals surface area contributed by atoms with E-state index in [0.717, 1.165) is 16.8 Å². The van der Waals surface area contributed by atoms with Crippen molar-refractivity contribution in [3.05, 3.63) is 65.2 Å². The van der Waals surface area contributed by atoms with Gasteiger partial charge < -0.3 is 10.6 Å². The molecular weight excluding hydrogens is 258 g/mol. The molecule has 0 saturated heterocycles. The van der Waals surface area contributed by atoms with Crippen molar-refractivity contribution in [1.82, 2.24) is 0 Å². The van der Waals surface area contributed by atoms with Crippen LogP contribution in [0.15, 0.2) is 42.5 Å². The SMILES string of the molecule is CN(Cc1ccc(F)cc1)c1cc(F)cc(CCN)c1. The Morgan fingerprint density at radius 1 is 0.950 bits per heavy atom. The third-order valence-corrected chi connectivity index (χ3v) is 3.15. The summed E-state index contributed by atoms with van der Waals surface area (Å²) in [5, 5.41) is 0. The van der Waals surface area contributed by atoms with Crippen LogP contribution in [-0.4, -0.2) is 13.6 Å². The molecule has 0 aliphatic rings. The minimum absolute atomic E-state index is 0.257. The number of nitrogens with zero attached hydrogens (tertiary/aromatic N) is 1. The molecule has 0 unspecified atom stereocenters. The fourth-order valence-corrected chi connectivity index (χ4v) is 2.12. The van der Waals surface area contributed by atoms with Crippen molar-refractivity contribution in [3.8, 4) is 0 Å². The molecule has 0 fully saturated rings. The lowest BCUT2D eigenvalue weighted by atomic mass is 10.1. The Labute approximate surface area is 117 Å². The molecule has 0 amide bonds. The van der Waals surface area contributed by atoms with Crippen LogP contribution in [0.1, 0.15) is 11.1 Å². The standard InChI is InChI=1S/C16H18F2N2/c1-20(11-12-2-4-14(17)5-3-12)16-9-13(6-7-19)8-15(18)10-16/h2-5,8-10H,6-7,11,19H2,1H3. The van der Waals surface area contributed by atoms with Gasteiger partial charge in [0.05, 0.1) is 0 Å². The van der Waals surface area contributed by atoms with Crippen LogP contribution in [-0.2, 0) is 13.0 Å². The largest absolute Gasteiger partial charge is 0.370 e. The van der Waals surface area contributed by atoms with Gasteiger partial charge in [0, 0.05) is 19.3 Å². The number of anilines is 1. The highest BCUT2D eigenvalue weighted by atomic mass is 19.1. The monoisotopic (exact) mass is 276 g/mol. The Hall–Kier alpha value is -1.94. The minimum atomic E-state index is -0.267. The molecule has 0 heterocycles. The van der Waals surface area contributed by atoms with Crippen molar-refractivity contribution in [3.63, 3.8) is 0 Å². The van der Waals surface area contributed by atoms with Crippen LogP contribution in [0.3, 0.4) is 0 Å². The molecule has 4 heteroatoms. The second-order valence-corrected chi connectivity index (χ2v) is 4.84. The zero-order valence-electron chi connectivity index (χ0n) is 11.4. The van der Waals surface area contributed by atoms with Gasteiger partial charge in [-0.3, -0.25) is 0 Å². The quantitative estimate of drug-likeness (QED) is 0.909. The van der Waals surface area contributed by atoms with E-state index in [0.29, 0.717) is 19.5 Å². The van der Waals surface area contributed by atoms with E-state index in [1.165, 1.54) is 24.3 Å². The Kier molecular flexibility index (Phi) is 4.69. The van der Waals surface area contributed by atoms with E-state index >= 15 is 0 Å². The number of hydrogen-bond donors (Lipinski definition) is 1. The minimum Gasteiger partial charge on any atom is -0.370 e. The maximum Gasteiger partial charge on any atom is 0.125 e. The van der Waals surface area contributed by atoms with Crippen LogP contribution < -0.4 is 10.6 Å². The fraction of sp³-hybridized carbons (Fsp3) is 0.250. The molecule has 0 spiro atoms. The Balaban J connectivity index is 2.15. The van der Waals surface area contributed by atoms with Gasteiger partial charge in [-0.2, -0.15) is 0 Å². The van der Waals surface area contributed by atoms with E-state index < -0.39 is 0 Å². The molecule has 2 N–H and O–H groups in total. The zero-order valence-corrected chi connectivity index (χ0v) is 11.4. The molecule has 2 aromatic rings. The van der Waals surface area contributed by atoms with Gasteiger partial charge in [0.25, 0.3) is 0 Å². The van der Waals surface area contributed by atoms with Gasteiger partial charge in [0.1, 0.15) is 11.6 Å². The number of rotatable bonds is 5. The van der Waals surface area contributed by atoms with Crippen LogP contribution in [0.25, 0.3) is 0 Å². The molecule has 0 aliphatic heterocycles. The number of halogens is 2. The van der Waals surface area contributed by atoms with Crippen molar-refractivity contribution < 1.29 is 8.78 Å². The lowest BCUT2D eigenvalue weighted by Gasteiger charge is -2.20. The smallest absolute Gasteiger partial charge is 0.125 e. The second-order valence-electron chi connectivity index (χ2n) is 4.84. The summed E-state index contributed by atoms with van der Waals surface area (Å²) >= 11 is 0. The third-order valence-electron chi connectivity index (χ3n) is 3.15. The third kappa shape index (κ3) is 3.78. The first kappa shape index (κ1) is 14.5. The molecule has 0 radical (unpaired) electrons. The second kappa shape index (κ2) is 6.48. The molecule has 0 saturated carbocycles. The highest BCUT2D eigenvalue weighted by Gasteiger charge is 2.06. The van der Waals surface area contributed by atoms with Crippen LogP contribution in [0.4, 0.5) is 14.5 Å². The molecule has 0 bridgehead atoms. The predicted octanol–water partition coefficient (Wildman–Crippen LogP) is 3.10. The summed E-state index contributed by atoms with van der Waals surface area (Å²) in [7, 11) is 1.88. The average molecular weight is 276 g/mol. The number of hydrogen-bond acceptors (Lipinski definition) is 2. The van der Waals surface area contributed by atoms with Crippen LogP contribution in [0.5, 0.6) is 0 Å². The van der Waals surface area contributed by atoms with Crippen LogP contribution >= 0.6 is 0 Å². The van der Waals surface area contributed by atoms with Crippen molar-refractivity contribution in [1.29, 1.82) is 0 Å². The van der Waals surface area contributed by atoms with Crippen molar-refractivity contribution >= 4 is 5.69 Å². The molecule has 20 heavy (non-hydrogen) atoms. The highest BCUT2D eigenvalue weighted by molar-refractivity contribution is 5.49. The first-order chi connectivity index (χ1) is 9.58. The number of nitrogens with two attached hydrogens (primary N) is 1. The number of benzene rings is 2. The van der Waals surface area contributed by atoms with Gasteiger partial charge in [-0.05, 0) is 54.4 Å². The van der Waals surface area contributed by atoms with E-state index in [4.69, 9.17) is 5.73 Å². The Bertz CT molecular complexity index is 567. The predicted molar refractivity (Wildman–Crippen MR) is 77.7 cm³/mol. The van der Waals surface area contributed by atoms with E-state index in [2.05, 4.69) is 0 Å². The molecule has 2 nitrogen and oxygen atoms in total. The normalized spacial score (nSPS) is 10.6. The van der Waals surface area contributed by atoms with Gasteiger partial charge >= 0.3 is 0 Å². The maximum absolute atomic E-state index is 13.6. The summed E-state index contributed by atoms with van der Waals surface area (Å²) in [6.07, 6.45) is 0.648. The van der Waals surface area contributed by atoms with Gasteiger partial charge in [0.2, 0.25) is 0 Å². The molecule has 2 rings (SSSR count). The summed E-state index contributed by atoms with van der Waals surface area (Å²) in [4.78, 5) is 1.93. The van der Waals surface area contributed by atoms with E-state index in [1.54, 1.807) is 12.1 Å². The molecule has 0 aliphatic carbocycles. The Morgan fingerprint density at radius 3 is 2.30 bits per heavy atom. The van der Waals surface area contributed by atoms with Gasteiger partial charge in [-0.15, -0.1) is 0 Å². The van der Waals surface area contributed by atoms with Crippen LogP contribution in [0.2, 0.25) is 0 Å². The summed E-state index contributed by atoms with van der Waals surface area (Å²) in [5.41, 5.74) is 8.15. The lowest BCUT2D eigenvalue weighted by Crippen LogP contribution is -2.17. The summed E-state index contributed by atoms with van der Waals surface area (Å²) < 4.78 is 26.4. The Morgan fingerprint density at radius 2 is 1.65 bits per heavy atom. The van der Waals surface area contributed by atoms with Crippen molar-refractivity contribution in [2.24, 2.45) is 5.73 Å². The van der Waals surface area contributed by atoms with Crippen molar-refractivity contribution in [2.75, 3.05) is 18.5 Å². The first-order valence-corrected chi connectivity index (χ1v) is 6.53. The average Bonchev–Trinajstić information content (AvgIpc) is 2.41. The molecule has 0 aromatic heterocycles. The van der Waals surface area contributed by atoms with E-state index in [9.17, 15) is 8.78 Å². The van der Waals surface area contributed by atoms with Crippen molar-refractivity contribution in [2.45, 2.75) is 13.0 Å². The summed E-state index contributed by atoms with van der Waals surface area (Å²) in [6.45, 7) is 1.08. The summed E-state index contributed by atoms with van der Waals surface area (Å²) in [6, 6.07) is 11.2. The summed E-state index contributed by atoms with van der Waals surface area (Å²) in [5.74, 6) is -0.524. The van der Waals surface area contributed by atoms with Gasteiger partial charge in [-0.1, -0.05) is 12.1 Å². The maximum atomic E-state index is 13.6. The molecule has 106 valence electrons. The highest BCUT2D eigenvalue weighted by Crippen LogP contribution is 2.20. The molecule has 0 atom stereocenters. The topological polar surface area (TPSA) is 29.3 Å². The molecular formula is C16H18F2N2. The fourth-order valence-electron chi connectivity index (χ4n) is 2.12.